The average Bonchev–Trinajstić information content (AvgIpc) is 1.82. The van der Waals surface area contributed by atoms with Crippen LogP contribution in [0.15, 0.2) is 12.2 Å². The summed E-state index contributed by atoms with van der Waals surface area (Å²) in [6.07, 6.45) is 4.85. The highest BCUT2D eigenvalue weighted by molar-refractivity contribution is 7.80. The molecule has 1 N–H and O–H groups in total. The maximum atomic E-state index is 8.96. The molecule has 0 aromatic heterocycles. The molecule has 2 heteroatoms. The highest BCUT2D eigenvalue weighted by atomic mass is 32.1. The Morgan fingerprint density at radius 2 is 2.22 bits per heavy atom. The zero-order valence-electron chi connectivity index (χ0n) is 5.91. The largest absolute Gasteiger partial charge is 0.382 e. The Morgan fingerprint density at radius 1 is 1.67 bits per heavy atom. The van der Waals surface area contributed by atoms with Crippen LogP contribution in [-0.2, 0) is 0 Å². The third kappa shape index (κ3) is 3.60. The van der Waals surface area contributed by atoms with E-state index in [0.717, 1.165) is 6.42 Å². The number of thiol groups is 1. The van der Waals surface area contributed by atoms with Crippen LogP contribution >= 0.6 is 12.6 Å². The second kappa shape index (κ2) is 4.89. The van der Waals surface area contributed by atoms with E-state index in [4.69, 9.17) is 5.11 Å². The summed E-state index contributed by atoms with van der Waals surface area (Å²) >= 11 is 3.91. The summed E-state index contributed by atoms with van der Waals surface area (Å²) in [5, 5.41) is 8.96. The summed E-state index contributed by atoms with van der Waals surface area (Å²) in [4.78, 5) is 0. The first-order valence-electron chi connectivity index (χ1n) is 3.21. The Bertz CT molecular complexity index is 88.9. The number of aliphatic hydroxyl groups excluding tert-OH is 1. The van der Waals surface area contributed by atoms with Crippen LogP contribution in [0.4, 0.5) is 0 Å². The molecule has 0 aromatic rings. The molecule has 1 nitrogen and oxygen atoms in total. The van der Waals surface area contributed by atoms with Crippen LogP contribution in [0.2, 0.25) is 0 Å². The average molecular weight is 146 g/mol. The smallest absolute Gasteiger partial charge is 0.103 e. The molecule has 0 aliphatic carbocycles. The van der Waals surface area contributed by atoms with E-state index in [1.807, 2.05) is 26.0 Å². The maximum Gasteiger partial charge on any atom is 0.103 e. The molecule has 0 fully saturated rings. The van der Waals surface area contributed by atoms with Gasteiger partial charge in [0, 0.05) is 5.92 Å². The van der Waals surface area contributed by atoms with Crippen LogP contribution < -0.4 is 0 Å². The van der Waals surface area contributed by atoms with Crippen molar-refractivity contribution in [1.82, 2.24) is 0 Å². The van der Waals surface area contributed by atoms with Crippen molar-refractivity contribution in [2.24, 2.45) is 5.92 Å². The van der Waals surface area contributed by atoms with Crippen LogP contribution in [0.25, 0.3) is 0 Å². The van der Waals surface area contributed by atoms with Crippen LogP contribution in [0.1, 0.15) is 20.3 Å². The minimum atomic E-state index is -0.508. The van der Waals surface area contributed by atoms with Gasteiger partial charge in [-0.25, -0.2) is 0 Å². The fraction of sp³-hybridized carbons (Fsp3) is 0.714. The van der Waals surface area contributed by atoms with E-state index in [0.29, 0.717) is 0 Å². The van der Waals surface area contributed by atoms with E-state index in [-0.39, 0.29) is 5.92 Å². The maximum absolute atomic E-state index is 8.96. The Morgan fingerprint density at radius 3 is 2.33 bits per heavy atom. The van der Waals surface area contributed by atoms with Crippen LogP contribution in [0.5, 0.6) is 0 Å². The summed E-state index contributed by atoms with van der Waals surface area (Å²) in [5.41, 5.74) is -0.508. The molecule has 0 aliphatic heterocycles. The molecular formula is C7H14OS. The van der Waals surface area contributed by atoms with Gasteiger partial charge >= 0.3 is 0 Å². The Balaban J connectivity index is 3.68. The van der Waals surface area contributed by atoms with Crippen LogP contribution in [0.3, 0.4) is 0 Å². The predicted octanol–water partition coefficient (Wildman–Crippen LogP) is 1.84. The predicted molar refractivity (Wildman–Crippen MR) is 43.6 cm³/mol. The second-order valence-corrected chi connectivity index (χ2v) is 2.54. The molecule has 0 amide bonds. The highest BCUT2D eigenvalue weighted by Gasteiger charge is 2.07. The molecule has 0 spiro atoms. The lowest BCUT2D eigenvalue weighted by molar-refractivity contribution is 0.216. The molecule has 2 unspecified atom stereocenters. The van der Waals surface area contributed by atoms with Gasteiger partial charge in [0.1, 0.15) is 5.44 Å². The van der Waals surface area contributed by atoms with E-state index < -0.39 is 5.44 Å². The minimum Gasteiger partial charge on any atom is -0.382 e. The molecule has 54 valence electrons. The van der Waals surface area contributed by atoms with Gasteiger partial charge in [0.2, 0.25) is 0 Å². The fourth-order valence-corrected chi connectivity index (χ4v) is 1.00. The SMILES string of the molecule is C/C=C\C(CC)C(O)S. The highest BCUT2D eigenvalue weighted by Crippen LogP contribution is 2.12. The van der Waals surface area contributed by atoms with Gasteiger partial charge in [-0.1, -0.05) is 19.1 Å². The molecule has 2 atom stereocenters. The number of hydrogen-bond acceptors (Lipinski definition) is 2. The lowest BCUT2D eigenvalue weighted by atomic mass is 10.1. The first kappa shape index (κ1) is 9.05. The molecule has 9 heavy (non-hydrogen) atoms. The lowest BCUT2D eigenvalue weighted by Crippen LogP contribution is -2.09. The van der Waals surface area contributed by atoms with Crippen molar-refractivity contribution in [2.75, 3.05) is 0 Å². The van der Waals surface area contributed by atoms with Crippen LogP contribution in [0, 0.1) is 5.92 Å². The first-order valence-corrected chi connectivity index (χ1v) is 3.73. The van der Waals surface area contributed by atoms with Crippen molar-refractivity contribution in [2.45, 2.75) is 25.7 Å². The standard InChI is InChI=1S/C7H14OS/c1-3-5-6(4-2)7(8)9/h3,5-9H,4H2,1-2H3/b5-3-. The van der Waals surface area contributed by atoms with Crippen molar-refractivity contribution in [3.63, 3.8) is 0 Å². The second-order valence-electron chi connectivity index (χ2n) is 2.01. The van der Waals surface area contributed by atoms with E-state index in [1.165, 1.54) is 0 Å². The summed E-state index contributed by atoms with van der Waals surface area (Å²) in [6, 6.07) is 0. The third-order valence-corrected chi connectivity index (χ3v) is 1.68. The van der Waals surface area contributed by atoms with Crippen molar-refractivity contribution >= 4 is 12.6 Å². The molecule has 0 saturated carbocycles. The summed E-state index contributed by atoms with van der Waals surface area (Å²) in [5.74, 6) is 0.207. The van der Waals surface area contributed by atoms with Gasteiger partial charge in [-0.2, -0.15) is 0 Å². The number of hydrogen-bond donors (Lipinski definition) is 2. The van der Waals surface area contributed by atoms with E-state index in [1.54, 1.807) is 0 Å². The summed E-state index contributed by atoms with van der Waals surface area (Å²) in [6.45, 7) is 3.98. The van der Waals surface area contributed by atoms with Gasteiger partial charge in [0.25, 0.3) is 0 Å². The Kier molecular flexibility index (Phi) is 4.91. The molecule has 0 aliphatic rings. The van der Waals surface area contributed by atoms with Gasteiger partial charge in [-0.15, -0.1) is 12.6 Å². The molecule has 0 bridgehead atoms. The van der Waals surface area contributed by atoms with Gasteiger partial charge in [0.05, 0.1) is 0 Å². The molecule has 0 aromatic carbocycles. The topological polar surface area (TPSA) is 20.2 Å². The van der Waals surface area contributed by atoms with Crippen molar-refractivity contribution < 1.29 is 5.11 Å². The van der Waals surface area contributed by atoms with Crippen molar-refractivity contribution in [3.8, 4) is 0 Å². The van der Waals surface area contributed by atoms with E-state index in [9.17, 15) is 0 Å². The monoisotopic (exact) mass is 146 g/mol. The van der Waals surface area contributed by atoms with E-state index in [2.05, 4.69) is 12.6 Å². The normalized spacial score (nSPS) is 18.2. The number of aliphatic hydroxyl groups is 1. The summed E-state index contributed by atoms with van der Waals surface area (Å²) < 4.78 is 0. The molecular weight excluding hydrogens is 132 g/mol. The number of rotatable bonds is 3. The summed E-state index contributed by atoms with van der Waals surface area (Å²) in [7, 11) is 0. The lowest BCUT2D eigenvalue weighted by Gasteiger charge is -2.11. The zero-order chi connectivity index (χ0) is 7.28. The molecule has 0 rings (SSSR count). The Labute approximate surface area is 62.2 Å². The zero-order valence-corrected chi connectivity index (χ0v) is 6.81. The first-order chi connectivity index (χ1) is 4.22. The van der Waals surface area contributed by atoms with Crippen LogP contribution in [-0.4, -0.2) is 10.5 Å². The van der Waals surface area contributed by atoms with Gasteiger partial charge in [0.15, 0.2) is 0 Å². The van der Waals surface area contributed by atoms with E-state index >= 15 is 0 Å². The van der Waals surface area contributed by atoms with Gasteiger partial charge in [-0.05, 0) is 13.3 Å². The molecule has 0 heterocycles. The fourth-order valence-electron chi connectivity index (χ4n) is 0.693. The van der Waals surface area contributed by atoms with Gasteiger partial charge < -0.3 is 5.11 Å². The third-order valence-electron chi connectivity index (χ3n) is 1.29. The molecule has 0 saturated heterocycles. The molecule has 0 radical (unpaired) electrons. The quantitative estimate of drug-likeness (QED) is 0.353. The van der Waals surface area contributed by atoms with Crippen molar-refractivity contribution in [3.05, 3.63) is 12.2 Å². The Hall–Kier alpha value is 0.0500. The van der Waals surface area contributed by atoms with Gasteiger partial charge in [-0.3, -0.25) is 0 Å². The minimum absolute atomic E-state index is 0.207. The number of allylic oxidation sites excluding steroid dienone is 1. The van der Waals surface area contributed by atoms with Crippen molar-refractivity contribution in [1.29, 1.82) is 0 Å².